The van der Waals surface area contributed by atoms with Crippen LogP contribution in [0.1, 0.15) is 6.42 Å². The first-order chi connectivity index (χ1) is 8.50. The van der Waals surface area contributed by atoms with Gasteiger partial charge in [-0.3, -0.25) is 4.98 Å². The molecule has 0 unspecified atom stereocenters. The van der Waals surface area contributed by atoms with E-state index in [1.807, 2.05) is 54.6 Å². The van der Waals surface area contributed by atoms with Crippen LogP contribution in [-0.4, -0.2) is 4.98 Å². The van der Waals surface area contributed by atoms with Crippen LogP contribution in [0.3, 0.4) is 0 Å². The molecule has 0 atom stereocenters. The molecule has 1 heterocycles. The molecule has 0 saturated carbocycles. The van der Waals surface area contributed by atoms with E-state index in [0.29, 0.717) is 0 Å². The molecule has 1 aromatic heterocycles. The van der Waals surface area contributed by atoms with Gasteiger partial charge in [-0.1, -0.05) is 66.8 Å². The predicted molar refractivity (Wildman–Crippen MR) is 73.6 cm³/mol. The summed E-state index contributed by atoms with van der Waals surface area (Å²) in [5.74, 6) is 0. The van der Waals surface area contributed by atoms with Crippen molar-refractivity contribution in [3.63, 3.8) is 0 Å². The second-order valence-electron chi connectivity index (χ2n) is 3.27. The van der Waals surface area contributed by atoms with Crippen molar-refractivity contribution in [3.05, 3.63) is 91.3 Å². The van der Waals surface area contributed by atoms with Crippen LogP contribution >= 0.6 is 0 Å². The number of hydrogen-bond donors (Lipinski definition) is 0. The van der Waals surface area contributed by atoms with E-state index in [4.69, 9.17) is 0 Å². The molecule has 17 heavy (non-hydrogen) atoms. The highest BCUT2D eigenvalue weighted by molar-refractivity contribution is 5.12. The van der Waals surface area contributed by atoms with Gasteiger partial charge in [-0.15, -0.1) is 0 Å². The van der Waals surface area contributed by atoms with E-state index in [1.54, 1.807) is 12.4 Å². The fourth-order valence-corrected chi connectivity index (χ4v) is 1.09. The van der Waals surface area contributed by atoms with Gasteiger partial charge in [-0.2, -0.15) is 0 Å². The first kappa shape index (κ1) is 12.9. The number of pyridine rings is 1. The second-order valence-corrected chi connectivity index (χ2v) is 3.27. The Morgan fingerprint density at radius 2 is 0.941 bits per heavy atom. The molecule has 1 nitrogen and oxygen atoms in total. The number of benzene rings is 1. The molecule has 1 aromatic carbocycles. The van der Waals surface area contributed by atoms with Crippen molar-refractivity contribution >= 4 is 0 Å². The molecule has 0 radical (unpaired) electrons. The molecule has 3 rings (SSSR count). The van der Waals surface area contributed by atoms with Gasteiger partial charge in [0.1, 0.15) is 0 Å². The van der Waals surface area contributed by atoms with E-state index < -0.39 is 0 Å². The first-order valence-corrected chi connectivity index (χ1v) is 5.67. The fourth-order valence-electron chi connectivity index (χ4n) is 1.09. The molecule has 86 valence electrons. The molecule has 0 spiro atoms. The maximum atomic E-state index is 3.78. The van der Waals surface area contributed by atoms with Crippen molar-refractivity contribution in [2.24, 2.45) is 0 Å². The summed E-state index contributed by atoms with van der Waals surface area (Å²) < 4.78 is 0. The molecular formula is C16H17N. The lowest BCUT2D eigenvalue weighted by Crippen LogP contribution is -1.58. The Balaban J connectivity index is 0.000000128. The van der Waals surface area contributed by atoms with Crippen LogP contribution in [-0.2, 0) is 0 Å². The molecule has 1 aliphatic carbocycles. The Hall–Kier alpha value is -2.15. The van der Waals surface area contributed by atoms with Crippen molar-refractivity contribution in [3.8, 4) is 0 Å². The SMILES string of the molecule is C1=CCC=C1.c1ccccc1.c1ccncc1. The van der Waals surface area contributed by atoms with Crippen LogP contribution in [0.25, 0.3) is 0 Å². The Morgan fingerprint density at radius 3 is 1.12 bits per heavy atom. The summed E-state index contributed by atoms with van der Waals surface area (Å²) in [6, 6.07) is 17.7. The van der Waals surface area contributed by atoms with Gasteiger partial charge in [0.15, 0.2) is 0 Å². The van der Waals surface area contributed by atoms with Crippen molar-refractivity contribution in [2.45, 2.75) is 6.42 Å². The van der Waals surface area contributed by atoms with E-state index >= 15 is 0 Å². The van der Waals surface area contributed by atoms with E-state index in [9.17, 15) is 0 Å². The highest BCUT2D eigenvalue weighted by Crippen LogP contribution is 1.93. The number of rotatable bonds is 0. The smallest absolute Gasteiger partial charge is 0.0267 e. The van der Waals surface area contributed by atoms with Crippen LogP contribution in [0.4, 0.5) is 0 Å². The van der Waals surface area contributed by atoms with Gasteiger partial charge in [0.2, 0.25) is 0 Å². The van der Waals surface area contributed by atoms with Gasteiger partial charge in [0.05, 0.1) is 0 Å². The first-order valence-electron chi connectivity index (χ1n) is 5.67. The summed E-state index contributed by atoms with van der Waals surface area (Å²) >= 11 is 0. The van der Waals surface area contributed by atoms with Crippen molar-refractivity contribution in [2.75, 3.05) is 0 Å². The molecule has 2 aromatic rings. The third-order valence-electron chi connectivity index (χ3n) is 1.89. The van der Waals surface area contributed by atoms with Gasteiger partial charge in [0, 0.05) is 12.4 Å². The Labute approximate surface area is 103 Å². The molecule has 0 bridgehead atoms. The molecule has 0 aliphatic heterocycles. The Kier molecular flexibility index (Phi) is 7.88. The maximum Gasteiger partial charge on any atom is 0.0267 e. The molecule has 0 fully saturated rings. The van der Waals surface area contributed by atoms with E-state index in [-0.39, 0.29) is 0 Å². The molecule has 0 saturated heterocycles. The summed E-state index contributed by atoms with van der Waals surface area (Å²) in [6.07, 6.45) is 13.0. The minimum atomic E-state index is 1.14. The minimum absolute atomic E-state index is 1.14. The maximum absolute atomic E-state index is 3.78. The fraction of sp³-hybridized carbons (Fsp3) is 0.0625. The van der Waals surface area contributed by atoms with Crippen LogP contribution < -0.4 is 0 Å². The van der Waals surface area contributed by atoms with Crippen LogP contribution in [0.2, 0.25) is 0 Å². The lowest BCUT2D eigenvalue weighted by molar-refractivity contribution is 1.33. The van der Waals surface area contributed by atoms with Crippen molar-refractivity contribution < 1.29 is 0 Å². The summed E-state index contributed by atoms with van der Waals surface area (Å²) in [4.78, 5) is 3.78. The number of hydrogen-bond acceptors (Lipinski definition) is 1. The molecule has 0 amide bonds. The average molecular weight is 223 g/mol. The van der Waals surface area contributed by atoms with Gasteiger partial charge in [0.25, 0.3) is 0 Å². The lowest BCUT2D eigenvalue weighted by Gasteiger charge is -1.70. The zero-order valence-electron chi connectivity index (χ0n) is 9.81. The van der Waals surface area contributed by atoms with Gasteiger partial charge < -0.3 is 0 Å². The van der Waals surface area contributed by atoms with E-state index in [0.717, 1.165) is 6.42 Å². The van der Waals surface area contributed by atoms with E-state index in [2.05, 4.69) is 29.3 Å². The summed E-state index contributed by atoms with van der Waals surface area (Å²) in [6.45, 7) is 0. The molecular weight excluding hydrogens is 206 g/mol. The Morgan fingerprint density at radius 1 is 0.529 bits per heavy atom. The molecule has 1 aliphatic rings. The molecule has 1 heteroatoms. The van der Waals surface area contributed by atoms with Gasteiger partial charge >= 0.3 is 0 Å². The topological polar surface area (TPSA) is 12.9 Å². The highest BCUT2D eigenvalue weighted by Gasteiger charge is 1.72. The predicted octanol–water partition coefficient (Wildman–Crippen LogP) is 4.27. The zero-order valence-corrected chi connectivity index (χ0v) is 9.81. The van der Waals surface area contributed by atoms with Crippen molar-refractivity contribution in [1.29, 1.82) is 0 Å². The number of nitrogens with zero attached hydrogens (tertiary/aromatic N) is 1. The van der Waals surface area contributed by atoms with Gasteiger partial charge in [-0.05, 0) is 18.6 Å². The summed E-state index contributed by atoms with van der Waals surface area (Å²) in [5.41, 5.74) is 0. The van der Waals surface area contributed by atoms with Gasteiger partial charge in [-0.25, -0.2) is 0 Å². The highest BCUT2D eigenvalue weighted by atomic mass is 14.6. The quantitative estimate of drug-likeness (QED) is 0.650. The zero-order chi connectivity index (χ0) is 12.0. The lowest BCUT2D eigenvalue weighted by atomic mass is 10.4. The second kappa shape index (κ2) is 10.4. The average Bonchev–Trinajstić information content (AvgIpc) is 3.03. The number of aromatic nitrogens is 1. The third kappa shape index (κ3) is 8.82. The largest absolute Gasteiger partial charge is 0.265 e. The molecule has 0 N–H and O–H groups in total. The normalized spacial score (nSPS) is 10.8. The van der Waals surface area contributed by atoms with Crippen LogP contribution in [0.5, 0.6) is 0 Å². The van der Waals surface area contributed by atoms with Crippen molar-refractivity contribution in [1.82, 2.24) is 4.98 Å². The summed E-state index contributed by atoms with van der Waals surface area (Å²) in [7, 11) is 0. The minimum Gasteiger partial charge on any atom is -0.265 e. The number of allylic oxidation sites excluding steroid dienone is 4. The third-order valence-corrected chi connectivity index (χ3v) is 1.89. The van der Waals surface area contributed by atoms with E-state index in [1.165, 1.54) is 0 Å². The van der Waals surface area contributed by atoms with Crippen LogP contribution in [0.15, 0.2) is 91.3 Å². The standard InChI is InChI=1S/C6H6.C5H5N.C5H6/c2*1-2-4-6-5-3-1;1-2-4-5-3-1/h1-6H;1-5H;1-4H,5H2. The summed E-state index contributed by atoms with van der Waals surface area (Å²) in [5, 5.41) is 0. The van der Waals surface area contributed by atoms with Crippen LogP contribution in [0, 0.1) is 0 Å². The Bertz CT molecular complexity index is 309. The monoisotopic (exact) mass is 223 g/mol.